The summed E-state index contributed by atoms with van der Waals surface area (Å²) in [6.45, 7) is 9.99. The van der Waals surface area contributed by atoms with Crippen LogP contribution in [0, 0.1) is 12.8 Å². The summed E-state index contributed by atoms with van der Waals surface area (Å²) in [6, 6.07) is 2.19. The first-order chi connectivity index (χ1) is 16.0. The highest BCUT2D eigenvalue weighted by atomic mass is 16.5. The van der Waals surface area contributed by atoms with E-state index in [1.54, 1.807) is 0 Å². The summed E-state index contributed by atoms with van der Waals surface area (Å²) in [5.74, 6) is -0.244. The standard InChI is InChI=1S/C29H43NO4/c1-18-11-14-29(15-12-18)16-13-21-22(26(31)30-20-9-7-6-8-10-20)17-19(2)23(24(21)29)25(27(32)33)34-28(3,4)5/h17-18,20,25H,6-16H2,1-5H3,(H,30,31)(H,32,33). The van der Waals surface area contributed by atoms with Crippen molar-refractivity contribution in [2.24, 2.45) is 5.92 Å². The Morgan fingerprint density at radius 2 is 1.74 bits per heavy atom. The lowest BCUT2D eigenvalue weighted by Crippen LogP contribution is -2.37. The minimum atomic E-state index is -1.03. The molecule has 188 valence electrons. The molecule has 3 aliphatic rings. The SMILES string of the molecule is Cc1cc(C(=O)NC2CCCCC2)c2c(c1C(OC(C)(C)C)C(=O)O)C1(CC2)CCC(C)CC1. The van der Waals surface area contributed by atoms with Crippen LogP contribution in [0.2, 0.25) is 0 Å². The van der Waals surface area contributed by atoms with E-state index in [2.05, 4.69) is 12.2 Å². The maximum absolute atomic E-state index is 13.5. The van der Waals surface area contributed by atoms with Gasteiger partial charge in [-0.05, 0) is 119 Å². The number of aliphatic carboxylic acids is 1. The van der Waals surface area contributed by atoms with Crippen molar-refractivity contribution in [3.8, 4) is 0 Å². The van der Waals surface area contributed by atoms with Crippen LogP contribution in [0.5, 0.6) is 0 Å². The van der Waals surface area contributed by atoms with Gasteiger partial charge < -0.3 is 15.2 Å². The van der Waals surface area contributed by atoms with Crippen molar-refractivity contribution in [2.45, 2.75) is 128 Å². The second-order valence-electron chi connectivity index (χ2n) is 12.2. The lowest BCUT2D eigenvalue weighted by Gasteiger charge is -2.40. The molecule has 5 nitrogen and oxygen atoms in total. The van der Waals surface area contributed by atoms with E-state index in [4.69, 9.17) is 4.74 Å². The summed E-state index contributed by atoms with van der Waals surface area (Å²) in [7, 11) is 0. The summed E-state index contributed by atoms with van der Waals surface area (Å²) in [5.41, 5.74) is 4.00. The maximum Gasteiger partial charge on any atom is 0.337 e. The first kappa shape index (κ1) is 25.2. The fraction of sp³-hybridized carbons (Fsp3) is 0.724. The Hall–Kier alpha value is -1.88. The molecule has 1 spiro atoms. The molecular formula is C29H43NO4. The molecule has 0 saturated heterocycles. The van der Waals surface area contributed by atoms with Gasteiger partial charge in [-0.3, -0.25) is 4.79 Å². The third-order valence-electron chi connectivity index (χ3n) is 8.44. The van der Waals surface area contributed by atoms with Crippen LogP contribution in [-0.2, 0) is 21.4 Å². The molecular weight excluding hydrogens is 426 g/mol. The van der Waals surface area contributed by atoms with Gasteiger partial charge in [0.15, 0.2) is 6.10 Å². The zero-order valence-corrected chi connectivity index (χ0v) is 21.8. The normalized spacial score (nSPS) is 26.3. The zero-order valence-electron chi connectivity index (χ0n) is 21.8. The van der Waals surface area contributed by atoms with Gasteiger partial charge in [-0.15, -0.1) is 0 Å². The summed E-state index contributed by atoms with van der Waals surface area (Å²) in [4.78, 5) is 26.1. The number of hydrogen-bond acceptors (Lipinski definition) is 3. The van der Waals surface area contributed by atoms with Crippen molar-refractivity contribution in [1.82, 2.24) is 5.32 Å². The van der Waals surface area contributed by atoms with E-state index in [1.807, 2.05) is 33.8 Å². The van der Waals surface area contributed by atoms with Gasteiger partial charge in [0.1, 0.15) is 0 Å². The van der Waals surface area contributed by atoms with Gasteiger partial charge >= 0.3 is 5.97 Å². The number of carboxylic acid groups (broad SMARTS) is 1. The number of carboxylic acids is 1. The number of carbonyl (C=O) groups excluding carboxylic acids is 1. The number of aryl methyl sites for hydroxylation is 1. The molecule has 3 aliphatic carbocycles. The Bertz CT molecular complexity index is 930. The fourth-order valence-corrected chi connectivity index (χ4v) is 6.68. The Morgan fingerprint density at radius 3 is 2.32 bits per heavy atom. The van der Waals surface area contributed by atoms with Gasteiger partial charge in [0.25, 0.3) is 5.91 Å². The van der Waals surface area contributed by atoms with Crippen molar-refractivity contribution in [2.75, 3.05) is 0 Å². The molecule has 4 rings (SSSR count). The molecule has 0 aromatic heterocycles. The minimum absolute atomic E-state index is 0.0163. The molecule has 0 heterocycles. The average Bonchev–Trinajstić information content (AvgIpc) is 3.13. The topological polar surface area (TPSA) is 75.6 Å². The van der Waals surface area contributed by atoms with E-state index < -0.39 is 17.7 Å². The second kappa shape index (κ2) is 9.64. The van der Waals surface area contributed by atoms with Gasteiger partial charge in [-0.1, -0.05) is 26.2 Å². The fourth-order valence-electron chi connectivity index (χ4n) is 6.68. The van der Waals surface area contributed by atoms with Gasteiger partial charge in [0, 0.05) is 11.6 Å². The molecule has 1 aromatic rings. The number of fused-ring (bicyclic) bond motifs is 2. The van der Waals surface area contributed by atoms with Crippen molar-refractivity contribution in [3.05, 3.63) is 33.9 Å². The van der Waals surface area contributed by atoms with Crippen molar-refractivity contribution >= 4 is 11.9 Å². The van der Waals surface area contributed by atoms with Crippen LogP contribution in [0.25, 0.3) is 0 Å². The Kier molecular flexibility index (Phi) is 7.15. The quantitative estimate of drug-likeness (QED) is 0.524. The van der Waals surface area contributed by atoms with Crippen LogP contribution in [0.15, 0.2) is 6.07 Å². The van der Waals surface area contributed by atoms with E-state index in [1.165, 1.54) is 19.3 Å². The van der Waals surface area contributed by atoms with Crippen LogP contribution in [0.4, 0.5) is 0 Å². The maximum atomic E-state index is 13.5. The summed E-state index contributed by atoms with van der Waals surface area (Å²) < 4.78 is 6.17. The highest BCUT2D eigenvalue weighted by Gasteiger charge is 2.46. The molecule has 2 N–H and O–H groups in total. The molecule has 34 heavy (non-hydrogen) atoms. The third kappa shape index (κ3) is 5.05. The molecule has 5 heteroatoms. The Morgan fingerprint density at radius 1 is 1.09 bits per heavy atom. The number of hydrogen-bond donors (Lipinski definition) is 2. The highest BCUT2D eigenvalue weighted by molar-refractivity contribution is 5.97. The van der Waals surface area contributed by atoms with Crippen LogP contribution >= 0.6 is 0 Å². The van der Waals surface area contributed by atoms with Crippen molar-refractivity contribution in [3.63, 3.8) is 0 Å². The number of ether oxygens (including phenoxy) is 1. The van der Waals surface area contributed by atoms with Gasteiger partial charge in [-0.25, -0.2) is 4.79 Å². The first-order valence-electron chi connectivity index (χ1n) is 13.4. The summed E-state index contributed by atoms with van der Waals surface area (Å²) in [5, 5.41) is 13.6. The molecule has 2 saturated carbocycles. The first-order valence-corrected chi connectivity index (χ1v) is 13.4. The molecule has 0 radical (unpaired) electrons. The van der Waals surface area contributed by atoms with Gasteiger partial charge in [0.05, 0.1) is 5.60 Å². The van der Waals surface area contributed by atoms with Gasteiger partial charge in [0.2, 0.25) is 0 Å². The molecule has 0 bridgehead atoms. The molecule has 1 amide bonds. The number of nitrogens with one attached hydrogen (secondary N) is 1. The van der Waals surface area contributed by atoms with E-state index >= 15 is 0 Å². The summed E-state index contributed by atoms with van der Waals surface area (Å²) >= 11 is 0. The molecule has 1 aromatic carbocycles. The predicted molar refractivity (Wildman–Crippen MR) is 134 cm³/mol. The number of carbonyl (C=O) groups is 2. The molecule has 1 atom stereocenters. The zero-order chi connectivity index (χ0) is 24.7. The second-order valence-corrected chi connectivity index (χ2v) is 12.2. The minimum Gasteiger partial charge on any atom is -0.479 e. The Labute approximate surface area is 205 Å². The van der Waals surface area contributed by atoms with E-state index in [0.717, 1.165) is 79.2 Å². The number of benzene rings is 1. The summed E-state index contributed by atoms with van der Waals surface area (Å²) in [6.07, 6.45) is 10.9. The number of rotatable bonds is 5. The van der Waals surface area contributed by atoms with E-state index in [9.17, 15) is 14.7 Å². The van der Waals surface area contributed by atoms with E-state index in [0.29, 0.717) is 5.92 Å². The van der Waals surface area contributed by atoms with Crippen molar-refractivity contribution in [1.29, 1.82) is 0 Å². The highest BCUT2D eigenvalue weighted by Crippen LogP contribution is 2.54. The van der Waals surface area contributed by atoms with Crippen LogP contribution in [0.3, 0.4) is 0 Å². The lowest BCUT2D eigenvalue weighted by atomic mass is 9.65. The third-order valence-corrected chi connectivity index (χ3v) is 8.44. The monoisotopic (exact) mass is 469 g/mol. The van der Waals surface area contributed by atoms with Crippen LogP contribution in [-0.4, -0.2) is 28.6 Å². The van der Waals surface area contributed by atoms with E-state index in [-0.39, 0.29) is 17.4 Å². The van der Waals surface area contributed by atoms with Crippen LogP contribution < -0.4 is 5.32 Å². The molecule has 0 aliphatic heterocycles. The largest absolute Gasteiger partial charge is 0.479 e. The van der Waals surface area contributed by atoms with Crippen LogP contribution in [0.1, 0.15) is 131 Å². The molecule has 2 fully saturated rings. The van der Waals surface area contributed by atoms with Gasteiger partial charge in [-0.2, -0.15) is 0 Å². The number of amides is 1. The smallest absolute Gasteiger partial charge is 0.337 e. The lowest BCUT2D eigenvalue weighted by molar-refractivity contribution is -0.160. The predicted octanol–water partition coefficient (Wildman–Crippen LogP) is 6.39. The molecule has 1 unspecified atom stereocenters. The van der Waals surface area contributed by atoms with Crippen molar-refractivity contribution < 1.29 is 19.4 Å². The average molecular weight is 470 g/mol. The Balaban J connectivity index is 1.82.